The maximum absolute atomic E-state index is 12.8. The Morgan fingerprint density at radius 2 is 1.72 bits per heavy atom. The Balaban J connectivity index is 1.54. The molecule has 1 saturated heterocycles. The van der Waals surface area contributed by atoms with Gasteiger partial charge < -0.3 is 15.0 Å². The summed E-state index contributed by atoms with van der Waals surface area (Å²) in [5, 5.41) is 12.2. The van der Waals surface area contributed by atoms with Crippen molar-refractivity contribution in [1.29, 1.82) is 0 Å². The molecule has 1 aliphatic heterocycles. The molecule has 1 aliphatic rings. The van der Waals surface area contributed by atoms with E-state index < -0.39 is 0 Å². The number of rotatable bonds is 7. The fourth-order valence-corrected chi connectivity index (χ4v) is 4.24. The van der Waals surface area contributed by atoms with Crippen LogP contribution in [0, 0.1) is 6.92 Å². The van der Waals surface area contributed by atoms with Crippen molar-refractivity contribution in [2.45, 2.75) is 19.0 Å². The van der Waals surface area contributed by atoms with E-state index in [4.69, 9.17) is 4.74 Å². The first-order chi connectivity index (χ1) is 15.5. The standard InChI is InChI=1S/C23H25N5O3S/c1-16-3-9-20(10-4-16)28-22(27-11-13-31-14-12-27)25-26-23(28)32-15-21(30)18-5-7-19(8-6-18)24-17(2)29/h3-10H,11-15H2,1-2H3,(H,24,29). The van der Waals surface area contributed by atoms with Crippen molar-refractivity contribution >= 4 is 35.1 Å². The number of nitrogens with one attached hydrogen (secondary N) is 1. The number of carbonyl (C=O) groups excluding carboxylic acids is 2. The van der Waals surface area contributed by atoms with Crippen LogP contribution in [-0.2, 0) is 9.53 Å². The molecule has 1 fully saturated rings. The first kappa shape index (κ1) is 22.0. The van der Waals surface area contributed by atoms with Crippen LogP contribution >= 0.6 is 11.8 Å². The van der Waals surface area contributed by atoms with Gasteiger partial charge in [0.2, 0.25) is 11.9 Å². The molecule has 0 atom stereocenters. The summed E-state index contributed by atoms with van der Waals surface area (Å²) in [4.78, 5) is 26.1. The topological polar surface area (TPSA) is 89.3 Å². The number of thioether (sulfide) groups is 1. The van der Waals surface area contributed by atoms with E-state index in [-0.39, 0.29) is 17.4 Å². The predicted molar refractivity (Wildman–Crippen MR) is 125 cm³/mol. The van der Waals surface area contributed by atoms with Crippen LogP contribution in [0.4, 0.5) is 11.6 Å². The van der Waals surface area contributed by atoms with E-state index in [1.54, 1.807) is 24.3 Å². The van der Waals surface area contributed by atoms with Gasteiger partial charge in [-0.05, 0) is 43.3 Å². The molecule has 0 spiro atoms. The zero-order valence-electron chi connectivity index (χ0n) is 18.1. The molecular weight excluding hydrogens is 426 g/mol. The van der Waals surface area contributed by atoms with Gasteiger partial charge in [0.05, 0.1) is 24.7 Å². The Labute approximate surface area is 191 Å². The number of aromatic nitrogens is 3. The Morgan fingerprint density at radius 1 is 1.03 bits per heavy atom. The molecule has 1 amide bonds. The van der Waals surface area contributed by atoms with Crippen LogP contribution < -0.4 is 10.2 Å². The molecular formula is C23H25N5O3S. The number of carbonyl (C=O) groups is 2. The number of Topliss-reactive ketones (excluding diaryl/α,β-unsaturated/α-hetero) is 1. The number of amides is 1. The van der Waals surface area contributed by atoms with Crippen molar-refractivity contribution in [3.05, 3.63) is 59.7 Å². The lowest BCUT2D eigenvalue weighted by Crippen LogP contribution is -2.37. The first-order valence-corrected chi connectivity index (χ1v) is 11.4. The highest BCUT2D eigenvalue weighted by atomic mass is 32.2. The molecule has 32 heavy (non-hydrogen) atoms. The fourth-order valence-electron chi connectivity index (χ4n) is 3.40. The zero-order chi connectivity index (χ0) is 22.5. The van der Waals surface area contributed by atoms with E-state index in [0.717, 1.165) is 24.7 Å². The molecule has 0 bridgehead atoms. The SMILES string of the molecule is CC(=O)Nc1ccc(C(=O)CSc2nnc(N3CCOCC3)n2-c2ccc(C)cc2)cc1. The number of hydrogen-bond acceptors (Lipinski definition) is 7. The van der Waals surface area contributed by atoms with Crippen LogP contribution in [0.25, 0.3) is 5.69 Å². The summed E-state index contributed by atoms with van der Waals surface area (Å²) >= 11 is 1.36. The minimum Gasteiger partial charge on any atom is -0.378 e. The number of ketones is 1. The maximum atomic E-state index is 12.8. The quantitative estimate of drug-likeness (QED) is 0.435. The van der Waals surface area contributed by atoms with E-state index in [1.165, 1.54) is 24.2 Å². The second kappa shape index (κ2) is 9.97. The van der Waals surface area contributed by atoms with Crippen molar-refractivity contribution in [2.75, 3.05) is 42.3 Å². The van der Waals surface area contributed by atoms with Gasteiger partial charge in [-0.3, -0.25) is 14.2 Å². The molecule has 3 aromatic rings. The van der Waals surface area contributed by atoms with Gasteiger partial charge in [0.25, 0.3) is 0 Å². The summed E-state index contributed by atoms with van der Waals surface area (Å²) in [5.74, 6) is 0.820. The highest BCUT2D eigenvalue weighted by molar-refractivity contribution is 7.99. The van der Waals surface area contributed by atoms with Crippen molar-refractivity contribution in [3.8, 4) is 5.69 Å². The monoisotopic (exact) mass is 451 g/mol. The van der Waals surface area contributed by atoms with E-state index >= 15 is 0 Å². The van der Waals surface area contributed by atoms with Gasteiger partial charge in [0, 0.05) is 31.3 Å². The van der Waals surface area contributed by atoms with Crippen molar-refractivity contribution in [1.82, 2.24) is 14.8 Å². The molecule has 0 saturated carbocycles. The van der Waals surface area contributed by atoms with E-state index in [9.17, 15) is 9.59 Å². The minimum atomic E-state index is -0.147. The average molecular weight is 452 g/mol. The van der Waals surface area contributed by atoms with Crippen molar-refractivity contribution in [2.24, 2.45) is 0 Å². The molecule has 2 aromatic carbocycles. The van der Waals surface area contributed by atoms with E-state index in [2.05, 4.69) is 32.5 Å². The first-order valence-electron chi connectivity index (χ1n) is 10.4. The van der Waals surface area contributed by atoms with Gasteiger partial charge in [-0.25, -0.2) is 0 Å². The normalized spacial score (nSPS) is 13.8. The summed E-state index contributed by atoms with van der Waals surface area (Å²) in [6.45, 7) is 6.28. The van der Waals surface area contributed by atoms with Gasteiger partial charge >= 0.3 is 0 Å². The predicted octanol–water partition coefficient (Wildman–Crippen LogP) is 3.35. The maximum Gasteiger partial charge on any atom is 0.232 e. The zero-order valence-corrected chi connectivity index (χ0v) is 18.9. The second-order valence-electron chi connectivity index (χ2n) is 7.52. The molecule has 0 unspecified atom stereocenters. The third kappa shape index (κ3) is 5.17. The summed E-state index contributed by atoms with van der Waals surface area (Å²) in [6.07, 6.45) is 0. The van der Waals surface area contributed by atoms with Crippen molar-refractivity contribution < 1.29 is 14.3 Å². The molecule has 2 heterocycles. The van der Waals surface area contributed by atoms with Gasteiger partial charge in [-0.2, -0.15) is 0 Å². The highest BCUT2D eigenvalue weighted by Crippen LogP contribution is 2.28. The lowest BCUT2D eigenvalue weighted by molar-refractivity contribution is -0.114. The molecule has 166 valence electrons. The van der Waals surface area contributed by atoms with Gasteiger partial charge in [-0.15, -0.1) is 10.2 Å². The number of aryl methyl sites for hydroxylation is 1. The smallest absolute Gasteiger partial charge is 0.232 e. The van der Waals surface area contributed by atoms with Crippen LogP contribution in [0.1, 0.15) is 22.8 Å². The van der Waals surface area contributed by atoms with Gasteiger partial charge in [-0.1, -0.05) is 29.5 Å². The second-order valence-corrected chi connectivity index (χ2v) is 8.47. The Kier molecular flexibility index (Phi) is 6.87. The number of anilines is 2. The van der Waals surface area contributed by atoms with Crippen LogP contribution in [0.2, 0.25) is 0 Å². The molecule has 9 heteroatoms. The molecule has 1 N–H and O–H groups in total. The summed E-state index contributed by atoms with van der Waals surface area (Å²) in [5.41, 5.74) is 3.37. The average Bonchev–Trinajstić information content (AvgIpc) is 3.22. The van der Waals surface area contributed by atoms with Crippen LogP contribution in [0.5, 0.6) is 0 Å². The number of benzene rings is 2. The summed E-state index contributed by atoms with van der Waals surface area (Å²) < 4.78 is 7.48. The third-order valence-corrected chi connectivity index (χ3v) is 5.99. The lowest BCUT2D eigenvalue weighted by atomic mass is 10.1. The lowest BCUT2D eigenvalue weighted by Gasteiger charge is -2.27. The molecule has 0 radical (unpaired) electrons. The number of morpholine rings is 1. The Morgan fingerprint density at radius 3 is 2.38 bits per heavy atom. The minimum absolute atomic E-state index is 0.0178. The van der Waals surface area contributed by atoms with E-state index in [1.807, 2.05) is 23.6 Å². The molecule has 1 aromatic heterocycles. The molecule has 4 rings (SSSR count). The molecule has 0 aliphatic carbocycles. The van der Waals surface area contributed by atoms with Gasteiger partial charge in [0.1, 0.15) is 0 Å². The Hall–Kier alpha value is -3.17. The van der Waals surface area contributed by atoms with Crippen LogP contribution in [0.3, 0.4) is 0 Å². The number of ether oxygens (including phenoxy) is 1. The third-order valence-electron chi connectivity index (χ3n) is 5.06. The number of hydrogen-bond donors (Lipinski definition) is 1. The number of nitrogens with zero attached hydrogens (tertiary/aromatic N) is 4. The van der Waals surface area contributed by atoms with Crippen molar-refractivity contribution in [3.63, 3.8) is 0 Å². The summed E-state index contributed by atoms with van der Waals surface area (Å²) in [6, 6.07) is 15.1. The largest absolute Gasteiger partial charge is 0.378 e. The van der Waals surface area contributed by atoms with Crippen LogP contribution in [0.15, 0.2) is 53.7 Å². The molecule has 8 nitrogen and oxygen atoms in total. The van der Waals surface area contributed by atoms with E-state index in [0.29, 0.717) is 29.6 Å². The van der Waals surface area contributed by atoms with Crippen LogP contribution in [-0.4, -0.2) is 58.5 Å². The summed E-state index contributed by atoms with van der Waals surface area (Å²) in [7, 11) is 0. The van der Waals surface area contributed by atoms with Gasteiger partial charge in [0.15, 0.2) is 10.9 Å². The Bertz CT molecular complexity index is 1090. The fraction of sp³-hybridized carbons (Fsp3) is 0.304. The highest BCUT2D eigenvalue weighted by Gasteiger charge is 2.22.